The molecule has 0 heterocycles. The Bertz CT molecular complexity index is 242. The van der Waals surface area contributed by atoms with Crippen LogP contribution in [0.4, 0.5) is 0 Å². The van der Waals surface area contributed by atoms with E-state index in [0.29, 0.717) is 12.3 Å². The number of aliphatic carboxylic acids is 1. The van der Waals surface area contributed by atoms with Crippen molar-refractivity contribution in [2.24, 2.45) is 11.3 Å². The topological polar surface area (TPSA) is 49.3 Å². The van der Waals surface area contributed by atoms with E-state index in [1.165, 1.54) is 25.7 Å². The second-order valence-electron chi connectivity index (χ2n) is 5.80. The fourth-order valence-corrected chi connectivity index (χ4v) is 3.13. The zero-order chi connectivity index (χ0) is 12.7. The summed E-state index contributed by atoms with van der Waals surface area (Å²) in [6.45, 7) is 6.33. The van der Waals surface area contributed by atoms with Crippen molar-refractivity contribution < 1.29 is 9.90 Å². The van der Waals surface area contributed by atoms with Gasteiger partial charge in [0.25, 0.3) is 0 Å². The lowest BCUT2D eigenvalue weighted by Crippen LogP contribution is -2.40. The Morgan fingerprint density at radius 3 is 2.88 bits per heavy atom. The van der Waals surface area contributed by atoms with Crippen molar-refractivity contribution in [2.75, 3.05) is 13.1 Å². The van der Waals surface area contributed by atoms with Crippen LogP contribution in [0, 0.1) is 11.3 Å². The summed E-state index contributed by atoms with van der Waals surface area (Å²) in [5, 5.41) is 12.6. The molecule has 0 aromatic heterocycles. The van der Waals surface area contributed by atoms with Crippen LogP contribution >= 0.6 is 0 Å². The van der Waals surface area contributed by atoms with Gasteiger partial charge < -0.3 is 10.4 Å². The summed E-state index contributed by atoms with van der Waals surface area (Å²) in [7, 11) is 0. The number of carboxylic acids is 1. The Balaban J connectivity index is 2.49. The molecule has 1 fully saturated rings. The van der Waals surface area contributed by atoms with Gasteiger partial charge in [-0.2, -0.15) is 0 Å². The van der Waals surface area contributed by atoms with Gasteiger partial charge in [-0.3, -0.25) is 4.79 Å². The maximum atomic E-state index is 11.0. The van der Waals surface area contributed by atoms with E-state index in [0.717, 1.165) is 25.9 Å². The predicted molar refractivity (Wildman–Crippen MR) is 70.1 cm³/mol. The highest BCUT2D eigenvalue weighted by atomic mass is 16.4. The largest absolute Gasteiger partial charge is 0.481 e. The van der Waals surface area contributed by atoms with Gasteiger partial charge in [0.15, 0.2) is 0 Å². The minimum atomic E-state index is -0.642. The Kier molecular flexibility index (Phi) is 5.96. The highest BCUT2D eigenvalue weighted by Crippen LogP contribution is 2.41. The van der Waals surface area contributed by atoms with E-state index in [-0.39, 0.29) is 5.41 Å². The summed E-state index contributed by atoms with van der Waals surface area (Å²) >= 11 is 0. The summed E-state index contributed by atoms with van der Waals surface area (Å²) in [5.41, 5.74) is 0.0112. The molecule has 1 aliphatic rings. The summed E-state index contributed by atoms with van der Waals surface area (Å²) in [6, 6.07) is 0. The summed E-state index contributed by atoms with van der Waals surface area (Å²) < 4.78 is 0. The van der Waals surface area contributed by atoms with Gasteiger partial charge in [-0.1, -0.05) is 33.1 Å². The van der Waals surface area contributed by atoms with Gasteiger partial charge in [0.2, 0.25) is 0 Å². The van der Waals surface area contributed by atoms with E-state index >= 15 is 0 Å². The number of hydrogen-bond donors (Lipinski definition) is 2. The number of carbonyl (C=O) groups is 1. The predicted octanol–water partition coefficient (Wildman–Crippen LogP) is 3.05. The molecule has 0 spiro atoms. The molecule has 0 aromatic carbocycles. The summed E-state index contributed by atoms with van der Waals surface area (Å²) in [5.74, 6) is 0.0347. The second kappa shape index (κ2) is 7.00. The number of nitrogens with one attached hydrogen (secondary N) is 1. The zero-order valence-electron chi connectivity index (χ0n) is 11.3. The van der Waals surface area contributed by atoms with Gasteiger partial charge in [-0.25, -0.2) is 0 Å². The van der Waals surface area contributed by atoms with Crippen LogP contribution in [-0.4, -0.2) is 24.2 Å². The quantitative estimate of drug-likeness (QED) is 0.674. The molecule has 0 unspecified atom stereocenters. The molecule has 0 radical (unpaired) electrons. The second-order valence-corrected chi connectivity index (χ2v) is 5.80. The molecule has 0 amide bonds. The fourth-order valence-electron chi connectivity index (χ4n) is 3.13. The SMILES string of the molecule is CCCCNC[C@]1(CC(=O)O)CCC[C@@H](C)C1. The third-order valence-electron chi connectivity index (χ3n) is 3.92. The van der Waals surface area contributed by atoms with E-state index in [1.807, 2.05) is 0 Å². The number of unbranched alkanes of at least 4 members (excludes halogenated alkanes) is 1. The Morgan fingerprint density at radius 2 is 2.29 bits per heavy atom. The molecule has 100 valence electrons. The van der Waals surface area contributed by atoms with E-state index in [9.17, 15) is 4.79 Å². The normalized spacial score (nSPS) is 29.2. The highest BCUT2D eigenvalue weighted by Gasteiger charge is 2.36. The molecule has 1 rings (SSSR count). The number of carboxylic acid groups (broad SMARTS) is 1. The number of rotatable bonds is 7. The molecule has 1 aliphatic carbocycles. The summed E-state index contributed by atoms with van der Waals surface area (Å²) in [6.07, 6.45) is 7.28. The van der Waals surface area contributed by atoms with Gasteiger partial charge >= 0.3 is 5.97 Å². The van der Waals surface area contributed by atoms with Crippen LogP contribution in [0.15, 0.2) is 0 Å². The minimum Gasteiger partial charge on any atom is -0.481 e. The van der Waals surface area contributed by atoms with Crippen molar-refractivity contribution in [3.05, 3.63) is 0 Å². The molecule has 3 nitrogen and oxygen atoms in total. The van der Waals surface area contributed by atoms with Gasteiger partial charge in [0, 0.05) is 6.54 Å². The van der Waals surface area contributed by atoms with Gasteiger partial charge in [-0.15, -0.1) is 0 Å². The molecular formula is C14H27NO2. The smallest absolute Gasteiger partial charge is 0.303 e. The molecule has 0 bridgehead atoms. The van der Waals surface area contributed by atoms with E-state index in [4.69, 9.17) is 5.11 Å². The lowest BCUT2D eigenvalue weighted by Gasteiger charge is -2.39. The van der Waals surface area contributed by atoms with Crippen LogP contribution in [0.1, 0.15) is 58.8 Å². The molecule has 2 N–H and O–H groups in total. The van der Waals surface area contributed by atoms with Gasteiger partial charge in [0.1, 0.15) is 0 Å². The average Bonchev–Trinajstić information content (AvgIpc) is 2.23. The first-order valence-corrected chi connectivity index (χ1v) is 7.00. The average molecular weight is 241 g/mol. The molecule has 2 atom stereocenters. The van der Waals surface area contributed by atoms with E-state index < -0.39 is 5.97 Å². The number of hydrogen-bond acceptors (Lipinski definition) is 2. The standard InChI is InChI=1S/C14H27NO2/c1-3-4-8-15-11-14(10-13(16)17)7-5-6-12(2)9-14/h12,15H,3-11H2,1-2H3,(H,16,17)/t12-,14-/m1/s1. The lowest BCUT2D eigenvalue weighted by molar-refractivity contribution is -0.140. The zero-order valence-corrected chi connectivity index (χ0v) is 11.3. The van der Waals surface area contributed by atoms with Crippen molar-refractivity contribution in [1.82, 2.24) is 5.32 Å². The van der Waals surface area contributed by atoms with Crippen LogP contribution in [0.2, 0.25) is 0 Å². The van der Waals surface area contributed by atoms with Crippen LogP contribution in [-0.2, 0) is 4.79 Å². The summed E-state index contributed by atoms with van der Waals surface area (Å²) in [4.78, 5) is 11.0. The molecule has 3 heteroatoms. The van der Waals surface area contributed by atoms with Crippen molar-refractivity contribution in [1.29, 1.82) is 0 Å². The minimum absolute atomic E-state index is 0.0112. The fraction of sp³-hybridized carbons (Fsp3) is 0.929. The molecule has 0 aliphatic heterocycles. The first kappa shape index (κ1) is 14.5. The van der Waals surface area contributed by atoms with Crippen LogP contribution < -0.4 is 5.32 Å². The third-order valence-corrected chi connectivity index (χ3v) is 3.92. The molecule has 17 heavy (non-hydrogen) atoms. The third kappa shape index (κ3) is 5.07. The molecule has 1 saturated carbocycles. The van der Waals surface area contributed by atoms with Crippen molar-refractivity contribution in [2.45, 2.75) is 58.8 Å². The molecule has 0 aromatic rings. The van der Waals surface area contributed by atoms with E-state index in [1.54, 1.807) is 0 Å². The van der Waals surface area contributed by atoms with E-state index in [2.05, 4.69) is 19.2 Å². The maximum absolute atomic E-state index is 11.0. The van der Waals surface area contributed by atoms with Crippen molar-refractivity contribution in [3.8, 4) is 0 Å². The monoisotopic (exact) mass is 241 g/mol. The van der Waals surface area contributed by atoms with Crippen LogP contribution in [0.5, 0.6) is 0 Å². The molecular weight excluding hydrogens is 214 g/mol. The first-order valence-electron chi connectivity index (χ1n) is 7.00. The first-order chi connectivity index (χ1) is 8.08. The van der Waals surface area contributed by atoms with Gasteiger partial charge in [-0.05, 0) is 37.1 Å². The Morgan fingerprint density at radius 1 is 1.53 bits per heavy atom. The van der Waals surface area contributed by atoms with Crippen molar-refractivity contribution >= 4 is 5.97 Å². The van der Waals surface area contributed by atoms with Crippen molar-refractivity contribution in [3.63, 3.8) is 0 Å². The van der Waals surface area contributed by atoms with Gasteiger partial charge in [0.05, 0.1) is 6.42 Å². The lowest BCUT2D eigenvalue weighted by atomic mass is 9.68. The highest BCUT2D eigenvalue weighted by molar-refractivity contribution is 5.67. The Hall–Kier alpha value is -0.570. The maximum Gasteiger partial charge on any atom is 0.303 e. The van der Waals surface area contributed by atoms with Crippen LogP contribution in [0.3, 0.4) is 0 Å². The van der Waals surface area contributed by atoms with Crippen LogP contribution in [0.25, 0.3) is 0 Å². The Labute approximate surface area is 105 Å². The molecule has 0 saturated heterocycles.